The molecule has 3 rings (SSSR count). The highest BCUT2D eigenvalue weighted by molar-refractivity contribution is 7.99. The van der Waals surface area contributed by atoms with Crippen LogP contribution in [-0.4, -0.2) is 29.0 Å². The average molecular weight is 383 g/mol. The van der Waals surface area contributed by atoms with E-state index in [0.717, 1.165) is 23.4 Å². The second-order valence-electron chi connectivity index (χ2n) is 5.88. The van der Waals surface area contributed by atoms with Crippen LogP contribution in [0.1, 0.15) is 23.9 Å². The van der Waals surface area contributed by atoms with Gasteiger partial charge in [0.25, 0.3) is 5.22 Å². The maximum Gasteiger partial charge on any atom is 0.277 e. The molecule has 0 saturated heterocycles. The predicted octanol–water partition coefficient (Wildman–Crippen LogP) is 3.96. The Labute approximate surface area is 162 Å². The third-order valence-corrected chi connectivity index (χ3v) is 4.73. The maximum absolute atomic E-state index is 12.1. The highest BCUT2D eigenvalue weighted by Gasteiger charge is 2.11. The molecule has 0 fully saturated rings. The third kappa shape index (κ3) is 5.59. The van der Waals surface area contributed by atoms with Crippen molar-refractivity contribution in [2.45, 2.75) is 25.0 Å². The second-order valence-corrected chi connectivity index (χ2v) is 6.80. The van der Waals surface area contributed by atoms with Crippen LogP contribution in [0.25, 0.3) is 0 Å². The Morgan fingerprint density at radius 3 is 2.70 bits per heavy atom. The smallest absolute Gasteiger partial charge is 0.277 e. The molecule has 0 radical (unpaired) electrons. The van der Waals surface area contributed by atoms with Crippen LogP contribution in [0, 0.1) is 0 Å². The topological polar surface area (TPSA) is 77.2 Å². The van der Waals surface area contributed by atoms with E-state index in [1.807, 2.05) is 48.5 Å². The lowest BCUT2D eigenvalue weighted by molar-refractivity contribution is -0.113. The van der Waals surface area contributed by atoms with Gasteiger partial charge in [0.2, 0.25) is 11.8 Å². The quantitative estimate of drug-likeness (QED) is 0.593. The number of anilines is 1. The van der Waals surface area contributed by atoms with Crippen LogP contribution < -0.4 is 10.1 Å². The lowest BCUT2D eigenvalue weighted by Gasteiger charge is -2.05. The summed E-state index contributed by atoms with van der Waals surface area (Å²) in [5.74, 6) is 1.42. The molecule has 6 nitrogen and oxygen atoms in total. The van der Waals surface area contributed by atoms with Crippen LogP contribution >= 0.6 is 11.8 Å². The number of aromatic nitrogens is 2. The van der Waals surface area contributed by atoms with E-state index in [2.05, 4.69) is 22.4 Å². The molecule has 1 heterocycles. The van der Waals surface area contributed by atoms with Crippen molar-refractivity contribution in [2.75, 3.05) is 18.2 Å². The number of benzene rings is 2. The molecule has 0 saturated carbocycles. The van der Waals surface area contributed by atoms with Crippen molar-refractivity contribution in [3.63, 3.8) is 0 Å². The van der Waals surface area contributed by atoms with Gasteiger partial charge in [-0.3, -0.25) is 4.79 Å². The molecule has 0 aliphatic carbocycles. The molecule has 0 spiro atoms. The first-order chi connectivity index (χ1) is 13.2. The molecule has 0 bridgehead atoms. The number of methoxy groups -OCH3 is 1. The summed E-state index contributed by atoms with van der Waals surface area (Å²) < 4.78 is 10.8. The van der Waals surface area contributed by atoms with Crippen LogP contribution in [0.15, 0.2) is 58.2 Å². The summed E-state index contributed by atoms with van der Waals surface area (Å²) in [4.78, 5) is 12.1. The third-order valence-electron chi connectivity index (χ3n) is 3.91. The average Bonchev–Trinajstić information content (AvgIpc) is 3.14. The van der Waals surface area contributed by atoms with Gasteiger partial charge >= 0.3 is 0 Å². The van der Waals surface area contributed by atoms with Crippen LogP contribution in [0.5, 0.6) is 5.75 Å². The Morgan fingerprint density at radius 1 is 1.15 bits per heavy atom. The van der Waals surface area contributed by atoms with Gasteiger partial charge in [0.15, 0.2) is 0 Å². The van der Waals surface area contributed by atoms with Gasteiger partial charge in [-0.05, 0) is 41.8 Å². The van der Waals surface area contributed by atoms with Crippen LogP contribution in [0.2, 0.25) is 0 Å². The standard InChI is InChI=1S/C20H21N3O3S/c1-3-14-5-4-6-16(11-14)21-18(24)13-27-20-23-22-19(26-20)12-15-7-9-17(25-2)10-8-15/h4-11H,3,12-13H2,1-2H3,(H,21,24). The van der Waals surface area contributed by atoms with Gasteiger partial charge in [-0.1, -0.05) is 43.0 Å². The summed E-state index contributed by atoms with van der Waals surface area (Å²) in [5.41, 5.74) is 3.02. The Bertz CT molecular complexity index is 893. The van der Waals surface area contributed by atoms with Crippen molar-refractivity contribution in [3.05, 3.63) is 65.5 Å². The monoisotopic (exact) mass is 383 g/mol. The first-order valence-corrected chi connectivity index (χ1v) is 9.61. The van der Waals surface area contributed by atoms with Crippen molar-refractivity contribution in [1.82, 2.24) is 10.2 Å². The number of hydrogen-bond acceptors (Lipinski definition) is 6. The number of nitrogens with one attached hydrogen (secondary N) is 1. The Kier molecular flexibility index (Phi) is 6.49. The van der Waals surface area contributed by atoms with Crippen molar-refractivity contribution in [1.29, 1.82) is 0 Å². The first-order valence-electron chi connectivity index (χ1n) is 8.63. The number of hydrogen-bond donors (Lipinski definition) is 1. The molecule has 3 aromatic rings. The molecule has 0 aliphatic heterocycles. The van der Waals surface area contributed by atoms with Crippen molar-refractivity contribution < 1.29 is 13.9 Å². The summed E-state index contributed by atoms with van der Waals surface area (Å²) in [6, 6.07) is 15.5. The largest absolute Gasteiger partial charge is 0.497 e. The lowest BCUT2D eigenvalue weighted by atomic mass is 10.1. The number of aryl methyl sites for hydroxylation is 1. The second kappa shape index (κ2) is 9.23. The van der Waals surface area contributed by atoms with E-state index >= 15 is 0 Å². The van der Waals surface area contributed by atoms with E-state index in [1.165, 1.54) is 17.3 Å². The van der Waals surface area contributed by atoms with Crippen LogP contribution in [0.4, 0.5) is 5.69 Å². The number of amides is 1. The molecule has 7 heteroatoms. The molecule has 1 aromatic heterocycles. The normalized spacial score (nSPS) is 10.6. The van der Waals surface area contributed by atoms with Gasteiger partial charge in [-0.2, -0.15) is 0 Å². The van der Waals surface area contributed by atoms with Crippen molar-refractivity contribution >= 4 is 23.4 Å². The van der Waals surface area contributed by atoms with E-state index in [1.54, 1.807) is 7.11 Å². The molecule has 1 amide bonds. The number of thioether (sulfide) groups is 1. The minimum absolute atomic E-state index is 0.108. The number of ether oxygens (including phenoxy) is 1. The van der Waals surface area contributed by atoms with Gasteiger partial charge in [-0.15, -0.1) is 10.2 Å². The molecular weight excluding hydrogens is 362 g/mol. The zero-order chi connectivity index (χ0) is 19.1. The lowest BCUT2D eigenvalue weighted by Crippen LogP contribution is -2.14. The molecule has 27 heavy (non-hydrogen) atoms. The first kappa shape index (κ1) is 19.0. The minimum atomic E-state index is -0.108. The fourth-order valence-corrected chi connectivity index (χ4v) is 3.06. The van der Waals surface area contributed by atoms with Crippen molar-refractivity contribution in [2.24, 2.45) is 0 Å². The molecule has 0 aliphatic rings. The fraction of sp³-hybridized carbons (Fsp3) is 0.250. The fourth-order valence-electron chi connectivity index (χ4n) is 2.48. The van der Waals surface area contributed by atoms with E-state index in [4.69, 9.17) is 9.15 Å². The zero-order valence-corrected chi connectivity index (χ0v) is 16.1. The van der Waals surface area contributed by atoms with E-state index in [0.29, 0.717) is 17.5 Å². The maximum atomic E-state index is 12.1. The van der Waals surface area contributed by atoms with Gasteiger partial charge < -0.3 is 14.5 Å². The Balaban J connectivity index is 1.50. The number of carbonyl (C=O) groups is 1. The summed E-state index contributed by atoms with van der Waals surface area (Å²) in [5, 5.41) is 11.3. The van der Waals surface area contributed by atoms with Crippen LogP contribution in [-0.2, 0) is 17.6 Å². The Hall–Kier alpha value is -2.80. The number of carbonyl (C=O) groups excluding carboxylic acids is 1. The molecule has 0 atom stereocenters. The summed E-state index contributed by atoms with van der Waals surface area (Å²) in [6.45, 7) is 2.08. The predicted molar refractivity (Wildman–Crippen MR) is 105 cm³/mol. The molecular formula is C20H21N3O3S. The summed E-state index contributed by atoms with van der Waals surface area (Å²) in [7, 11) is 1.63. The van der Waals surface area contributed by atoms with Gasteiger partial charge in [0, 0.05) is 5.69 Å². The zero-order valence-electron chi connectivity index (χ0n) is 15.3. The number of rotatable bonds is 8. The highest BCUT2D eigenvalue weighted by Crippen LogP contribution is 2.20. The molecule has 0 unspecified atom stereocenters. The highest BCUT2D eigenvalue weighted by atomic mass is 32.2. The van der Waals surface area contributed by atoms with Crippen LogP contribution in [0.3, 0.4) is 0 Å². The molecule has 2 aromatic carbocycles. The molecule has 1 N–H and O–H groups in total. The van der Waals surface area contributed by atoms with E-state index in [9.17, 15) is 4.79 Å². The van der Waals surface area contributed by atoms with Gasteiger partial charge in [0.1, 0.15) is 5.75 Å². The van der Waals surface area contributed by atoms with Gasteiger partial charge in [0.05, 0.1) is 19.3 Å². The summed E-state index contributed by atoms with van der Waals surface area (Å²) >= 11 is 1.22. The summed E-state index contributed by atoms with van der Waals surface area (Å²) in [6.07, 6.45) is 1.46. The van der Waals surface area contributed by atoms with E-state index < -0.39 is 0 Å². The van der Waals surface area contributed by atoms with Crippen molar-refractivity contribution in [3.8, 4) is 5.75 Å². The van der Waals surface area contributed by atoms with E-state index in [-0.39, 0.29) is 11.7 Å². The van der Waals surface area contributed by atoms with Gasteiger partial charge in [-0.25, -0.2) is 0 Å². The number of nitrogens with zero attached hydrogens (tertiary/aromatic N) is 2. The molecule has 140 valence electrons. The minimum Gasteiger partial charge on any atom is -0.497 e. The Morgan fingerprint density at radius 2 is 1.96 bits per heavy atom. The SMILES string of the molecule is CCc1cccc(NC(=O)CSc2nnc(Cc3ccc(OC)cc3)o2)c1.